The molecule has 1 saturated heterocycles. The standard InChI is InChI=1S/C10H21NO2.C2H6/c1-8(2)10-6-9(13-3)7-11(10)4-5-12;1-2/h8-10,12H,4-7H2,1-3H3;1-2H3. The van der Waals surface area contributed by atoms with Gasteiger partial charge < -0.3 is 9.84 Å². The average molecular weight is 217 g/mol. The summed E-state index contributed by atoms with van der Waals surface area (Å²) in [5, 5.41) is 8.90. The topological polar surface area (TPSA) is 32.7 Å². The summed E-state index contributed by atoms with van der Waals surface area (Å²) in [6.45, 7) is 10.5. The first kappa shape index (κ1) is 14.9. The van der Waals surface area contributed by atoms with Crippen molar-refractivity contribution in [2.24, 2.45) is 5.92 Å². The zero-order valence-corrected chi connectivity index (χ0v) is 10.9. The summed E-state index contributed by atoms with van der Waals surface area (Å²) in [5.74, 6) is 0.645. The largest absolute Gasteiger partial charge is 0.395 e. The number of β-amino-alcohol motifs (C(OH)–C–C–N with tert-alkyl or cyclic N) is 1. The molecule has 92 valence electrons. The number of nitrogens with zero attached hydrogens (tertiary/aromatic N) is 1. The molecule has 0 amide bonds. The van der Waals surface area contributed by atoms with Crippen molar-refractivity contribution in [3.05, 3.63) is 0 Å². The molecule has 2 unspecified atom stereocenters. The highest BCUT2D eigenvalue weighted by Crippen LogP contribution is 2.24. The van der Waals surface area contributed by atoms with E-state index < -0.39 is 0 Å². The normalized spacial score (nSPS) is 26.6. The van der Waals surface area contributed by atoms with Gasteiger partial charge in [0.05, 0.1) is 12.7 Å². The summed E-state index contributed by atoms with van der Waals surface area (Å²) >= 11 is 0. The monoisotopic (exact) mass is 217 g/mol. The maximum Gasteiger partial charge on any atom is 0.0713 e. The van der Waals surface area contributed by atoms with E-state index in [-0.39, 0.29) is 6.61 Å². The van der Waals surface area contributed by atoms with E-state index in [1.807, 2.05) is 13.8 Å². The van der Waals surface area contributed by atoms with Crippen LogP contribution in [-0.2, 0) is 4.74 Å². The first-order chi connectivity index (χ1) is 7.19. The molecule has 2 atom stereocenters. The van der Waals surface area contributed by atoms with Crippen LogP contribution in [0.1, 0.15) is 34.1 Å². The molecule has 1 heterocycles. The maximum absolute atomic E-state index is 8.90. The Morgan fingerprint density at radius 1 is 1.40 bits per heavy atom. The number of aliphatic hydroxyl groups is 1. The van der Waals surface area contributed by atoms with Crippen molar-refractivity contribution in [2.75, 3.05) is 26.8 Å². The quantitative estimate of drug-likeness (QED) is 0.778. The molecule has 0 aromatic rings. The number of rotatable bonds is 4. The Bertz CT molecular complexity index is 151. The van der Waals surface area contributed by atoms with Crippen LogP contribution in [0.15, 0.2) is 0 Å². The molecule has 0 spiro atoms. The number of ether oxygens (including phenoxy) is 1. The second kappa shape index (κ2) is 8.08. The van der Waals surface area contributed by atoms with Crippen LogP contribution in [0.2, 0.25) is 0 Å². The molecule has 1 N–H and O–H groups in total. The fraction of sp³-hybridized carbons (Fsp3) is 1.00. The Labute approximate surface area is 94.4 Å². The van der Waals surface area contributed by atoms with Gasteiger partial charge in [0, 0.05) is 26.2 Å². The Morgan fingerprint density at radius 2 is 2.00 bits per heavy atom. The molecule has 0 saturated carbocycles. The molecule has 1 fully saturated rings. The van der Waals surface area contributed by atoms with Gasteiger partial charge in [0.1, 0.15) is 0 Å². The van der Waals surface area contributed by atoms with Gasteiger partial charge in [-0.15, -0.1) is 0 Å². The Kier molecular flexibility index (Phi) is 8.02. The average Bonchev–Trinajstić information content (AvgIpc) is 2.65. The Balaban J connectivity index is 0.000000921. The van der Waals surface area contributed by atoms with E-state index >= 15 is 0 Å². The summed E-state index contributed by atoms with van der Waals surface area (Å²) in [6.07, 6.45) is 1.47. The van der Waals surface area contributed by atoms with E-state index in [4.69, 9.17) is 9.84 Å². The molecular formula is C12H27NO2. The third-order valence-corrected chi connectivity index (χ3v) is 2.90. The van der Waals surface area contributed by atoms with Gasteiger partial charge in [-0.3, -0.25) is 4.90 Å². The lowest BCUT2D eigenvalue weighted by molar-refractivity contribution is 0.104. The molecule has 3 nitrogen and oxygen atoms in total. The predicted molar refractivity (Wildman–Crippen MR) is 64.0 cm³/mol. The molecule has 1 rings (SSSR count). The molecule has 0 aromatic heterocycles. The van der Waals surface area contributed by atoms with Gasteiger partial charge in [-0.1, -0.05) is 27.7 Å². The summed E-state index contributed by atoms with van der Waals surface area (Å²) in [4.78, 5) is 2.33. The van der Waals surface area contributed by atoms with Gasteiger partial charge >= 0.3 is 0 Å². The molecule has 1 aliphatic heterocycles. The van der Waals surface area contributed by atoms with Crippen molar-refractivity contribution < 1.29 is 9.84 Å². The van der Waals surface area contributed by atoms with Crippen LogP contribution in [0.3, 0.4) is 0 Å². The van der Waals surface area contributed by atoms with E-state index in [1.165, 1.54) is 0 Å². The second-order valence-electron chi connectivity index (χ2n) is 4.12. The van der Waals surface area contributed by atoms with Crippen LogP contribution >= 0.6 is 0 Å². The lowest BCUT2D eigenvalue weighted by Gasteiger charge is -2.26. The van der Waals surface area contributed by atoms with Crippen LogP contribution in [0.5, 0.6) is 0 Å². The summed E-state index contributed by atoms with van der Waals surface area (Å²) in [5.41, 5.74) is 0. The van der Waals surface area contributed by atoms with Gasteiger partial charge in [-0.2, -0.15) is 0 Å². The minimum atomic E-state index is 0.250. The van der Waals surface area contributed by atoms with Gasteiger partial charge in [-0.05, 0) is 12.3 Å². The fourth-order valence-corrected chi connectivity index (χ4v) is 2.14. The Hall–Kier alpha value is -0.120. The van der Waals surface area contributed by atoms with Crippen LogP contribution < -0.4 is 0 Å². The van der Waals surface area contributed by atoms with E-state index in [0.29, 0.717) is 18.1 Å². The summed E-state index contributed by atoms with van der Waals surface area (Å²) in [6, 6.07) is 0.581. The fourth-order valence-electron chi connectivity index (χ4n) is 2.14. The molecule has 0 aromatic carbocycles. The van der Waals surface area contributed by atoms with Crippen molar-refractivity contribution in [3.63, 3.8) is 0 Å². The van der Waals surface area contributed by atoms with Crippen LogP contribution in [0.4, 0.5) is 0 Å². The van der Waals surface area contributed by atoms with Crippen molar-refractivity contribution in [2.45, 2.75) is 46.3 Å². The number of likely N-dealkylation sites (tertiary alicyclic amines) is 1. The Morgan fingerprint density at radius 3 is 2.40 bits per heavy atom. The van der Waals surface area contributed by atoms with E-state index in [9.17, 15) is 0 Å². The number of methoxy groups -OCH3 is 1. The number of hydrogen-bond acceptors (Lipinski definition) is 3. The SMILES string of the molecule is CC.COC1CC(C(C)C)N(CCO)C1. The van der Waals surface area contributed by atoms with Gasteiger partial charge in [-0.25, -0.2) is 0 Å². The predicted octanol–water partition coefficient (Wildman–Crippen LogP) is 1.75. The zero-order valence-electron chi connectivity index (χ0n) is 10.9. The van der Waals surface area contributed by atoms with Crippen molar-refractivity contribution in [1.29, 1.82) is 0 Å². The lowest BCUT2D eigenvalue weighted by atomic mass is 10.0. The van der Waals surface area contributed by atoms with Crippen molar-refractivity contribution in [1.82, 2.24) is 4.90 Å². The van der Waals surface area contributed by atoms with Crippen LogP contribution in [0.25, 0.3) is 0 Å². The molecule has 0 radical (unpaired) electrons. The molecule has 1 aliphatic rings. The first-order valence-electron chi connectivity index (χ1n) is 6.06. The van der Waals surface area contributed by atoms with Crippen LogP contribution in [-0.4, -0.2) is 49.0 Å². The number of aliphatic hydroxyl groups excluding tert-OH is 1. The molecular weight excluding hydrogens is 190 g/mol. The summed E-state index contributed by atoms with van der Waals surface area (Å²) < 4.78 is 5.34. The third-order valence-electron chi connectivity index (χ3n) is 2.90. The minimum Gasteiger partial charge on any atom is -0.395 e. The molecule has 15 heavy (non-hydrogen) atoms. The third kappa shape index (κ3) is 4.49. The second-order valence-corrected chi connectivity index (χ2v) is 4.12. The van der Waals surface area contributed by atoms with Gasteiger partial charge in [0.15, 0.2) is 0 Å². The lowest BCUT2D eigenvalue weighted by Crippen LogP contribution is -2.35. The first-order valence-corrected chi connectivity index (χ1v) is 6.06. The van der Waals surface area contributed by atoms with Crippen molar-refractivity contribution in [3.8, 4) is 0 Å². The van der Waals surface area contributed by atoms with Crippen molar-refractivity contribution >= 4 is 0 Å². The number of hydrogen-bond donors (Lipinski definition) is 1. The van der Waals surface area contributed by atoms with Gasteiger partial charge in [0.2, 0.25) is 0 Å². The highest BCUT2D eigenvalue weighted by atomic mass is 16.5. The zero-order chi connectivity index (χ0) is 11.8. The van der Waals surface area contributed by atoms with E-state index in [2.05, 4.69) is 18.7 Å². The van der Waals surface area contributed by atoms with E-state index in [1.54, 1.807) is 7.11 Å². The van der Waals surface area contributed by atoms with Gasteiger partial charge in [0.25, 0.3) is 0 Å². The maximum atomic E-state index is 8.90. The summed E-state index contributed by atoms with van der Waals surface area (Å²) in [7, 11) is 1.77. The minimum absolute atomic E-state index is 0.250. The highest BCUT2D eigenvalue weighted by molar-refractivity contribution is 4.87. The molecule has 3 heteroatoms. The van der Waals surface area contributed by atoms with E-state index in [0.717, 1.165) is 19.5 Å². The molecule has 0 bridgehead atoms. The highest BCUT2D eigenvalue weighted by Gasteiger charge is 2.33. The molecule has 0 aliphatic carbocycles. The smallest absolute Gasteiger partial charge is 0.0713 e. The van der Waals surface area contributed by atoms with Crippen LogP contribution in [0, 0.1) is 5.92 Å².